The van der Waals surface area contributed by atoms with Gasteiger partial charge in [-0.1, -0.05) is 18.2 Å². The Morgan fingerprint density at radius 1 is 0.967 bits per heavy atom. The quantitative estimate of drug-likeness (QED) is 0.544. The number of hydrogen-bond acceptors (Lipinski definition) is 6. The smallest absolute Gasteiger partial charge is 0.224 e. The van der Waals surface area contributed by atoms with Crippen molar-refractivity contribution in [1.29, 1.82) is 0 Å². The van der Waals surface area contributed by atoms with E-state index >= 15 is 0 Å². The molecule has 3 aromatic rings. The van der Waals surface area contributed by atoms with Crippen molar-refractivity contribution in [1.82, 2.24) is 5.32 Å². The lowest BCUT2D eigenvalue weighted by molar-refractivity contribution is -0.120. The zero-order chi connectivity index (χ0) is 21.6. The molecule has 0 saturated heterocycles. The fraction of sp³-hybridized carbons (Fsp3) is 0.227. The number of methoxy groups -OCH3 is 2. The molecule has 8 heteroatoms. The number of sulfone groups is 1. The molecule has 6 nitrogen and oxygen atoms in total. The normalized spacial score (nSPS) is 12.2. The Morgan fingerprint density at radius 3 is 2.10 bits per heavy atom. The summed E-state index contributed by atoms with van der Waals surface area (Å²) in [6.07, 6.45) is 0.156. The topological polar surface area (TPSA) is 81.7 Å². The van der Waals surface area contributed by atoms with Crippen molar-refractivity contribution in [2.24, 2.45) is 0 Å². The molecule has 0 aliphatic heterocycles. The molecule has 1 amide bonds. The van der Waals surface area contributed by atoms with Crippen molar-refractivity contribution < 1.29 is 22.7 Å². The second-order valence-electron chi connectivity index (χ2n) is 6.55. The van der Waals surface area contributed by atoms with Gasteiger partial charge in [-0.05, 0) is 53.4 Å². The van der Waals surface area contributed by atoms with Crippen LogP contribution in [0.15, 0.2) is 70.9 Å². The Labute approximate surface area is 180 Å². The van der Waals surface area contributed by atoms with E-state index in [1.165, 1.54) is 30.6 Å². The summed E-state index contributed by atoms with van der Waals surface area (Å²) in [6, 6.07) is 17.0. The maximum Gasteiger partial charge on any atom is 0.224 e. The third-order valence-corrected chi connectivity index (χ3v) is 7.87. The SMILES string of the molecule is COc1ccc(CC(=O)NC[C@H](c2cccs2)S(=O)(=O)c2ccc(OC)cc2)cc1. The number of carbonyl (C=O) groups is 1. The van der Waals surface area contributed by atoms with Crippen LogP contribution in [0.1, 0.15) is 15.7 Å². The summed E-state index contributed by atoms with van der Waals surface area (Å²) in [5.41, 5.74) is 0.819. The van der Waals surface area contributed by atoms with E-state index in [0.717, 1.165) is 5.56 Å². The predicted molar refractivity (Wildman–Crippen MR) is 117 cm³/mol. The number of amides is 1. The van der Waals surface area contributed by atoms with Gasteiger partial charge in [0.1, 0.15) is 16.7 Å². The molecule has 0 spiro atoms. The first-order valence-electron chi connectivity index (χ1n) is 9.25. The average Bonchev–Trinajstić information content (AvgIpc) is 3.28. The Hall–Kier alpha value is -2.84. The number of thiophene rings is 1. The Morgan fingerprint density at radius 2 is 1.57 bits per heavy atom. The molecular formula is C22H23NO5S2. The summed E-state index contributed by atoms with van der Waals surface area (Å²) in [5, 5.41) is 3.73. The van der Waals surface area contributed by atoms with Crippen molar-refractivity contribution >= 4 is 27.1 Å². The number of nitrogens with one attached hydrogen (secondary N) is 1. The van der Waals surface area contributed by atoms with Crippen LogP contribution >= 0.6 is 11.3 Å². The van der Waals surface area contributed by atoms with Gasteiger partial charge in [-0.25, -0.2) is 8.42 Å². The van der Waals surface area contributed by atoms with E-state index < -0.39 is 15.1 Å². The number of hydrogen-bond donors (Lipinski definition) is 1. The number of rotatable bonds is 9. The van der Waals surface area contributed by atoms with Crippen molar-refractivity contribution in [2.45, 2.75) is 16.6 Å². The van der Waals surface area contributed by atoms with Crippen molar-refractivity contribution in [2.75, 3.05) is 20.8 Å². The standard InChI is InChI=1S/C22H23NO5S2/c1-27-17-7-5-16(6-8-17)14-22(24)23-15-21(20-4-3-13-29-20)30(25,26)19-11-9-18(28-2)10-12-19/h3-13,21H,14-15H2,1-2H3,(H,23,24)/t21-/m1/s1. The molecule has 158 valence electrons. The van der Waals surface area contributed by atoms with Crippen molar-refractivity contribution in [3.05, 3.63) is 76.5 Å². The first-order valence-corrected chi connectivity index (χ1v) is 11.7. The highest BCUT2D eigenvalue weighted by Crippen LogP contribution is 2.32. The van der Waals surface area contributed by atoms with Crippen LogP contribution < -0.4 is 14.8 Å². The molecule has 0 unspecified atom stereocenters. The first-order chi connectivity index (χ1) is 14.4. The van der Waals surface area contributed by atoms with E-state index in [-0.39, 0.29) is 23.8 Å². The van der Waals surface area contributed by atoms with Gasteiger partial charge < -0.3 is 14.8 Å². The Bertz CT molecular complexity index is 1060. The zero-order valence-electron chi connectivity index (χ0n) is 16.7. The third-order valence-electron chi connectivity index (χ3n) is 4.63. The van der Waals surface area contributed by atoms with Crippen LogP contribution in [0.3, 0.4) is 0 Å². The van der Waals surface area contributed by atoms with Crippen LogP contribution in [-0.4, -0.2) is 35.1 Å². The lowest BCUT2D eigenvalue weighted by Crippen LogP contribution is -2.32. The van der Waals surface area contributed by atoms with Crippen LogP contribution in [0.4, 0.5) is 0 Å². The Balaban J connectivity index is 1.74. The summed E-state index contributed by atoms with van der Waals surface area (Å²) in [4.78, 5) is 13.3. The van der Waals surface area contributed by atoms with Gasteiger partial charge in [-0.3, -0.25) is 4.79 Å². The van der Waals surface area contributed by atoms with E-state index in [1.807, 2.05) is 17.5 Å². The second kappa shape index (κ2) is 9.77. The van der Waals surface area contributed by atoms with Crippen molar-refractivity contribution in [3.8, 4) is 11.5 Å². The summed E-state index contributed by atoms with van der Waals surface area (Å²) in [7, 11) is -0.600. The largest absolute Gasteiger partial charge is 0.497 e. The maximum absolute atomic E-state index is 13.3. The van der Waals surface area contributed by atoms with Gasteiger partial charge in [0, 0.05) is 11.4 Å². The van der Waals surface area contributed by atoms with Gasteiger partial charge >= 0.3 is 0 Å². The summed E-state index contributed by atoms with van der Waals surface area (Å²) >= 11 is 1.35. The maximum atomic E-state index is 13.3. The van der Waals surface area contributed by atoms with E-state index in [0.29, 0.717) is 16.4 Å². The van der Waals surface area contributed by atoms with E-state index in [1.54, 1.807) is 43.5 Å². The highest BCUT2D eigenvalue weighted by Gasteiger charge is 2.30. The van der Waals surface area contributed by atoms with Gasteiger partial charge in [0.05, 0.1) is 25.5 Å². The predicted octanol–water partition coefficient (Wildman–Crippen LogP) is 3.64. The van der Waals surface area contributed by atoms with Crippen LogP contribution in [0.5, 0.6) is 11.5 Å². The van der Waals surface area contributed by atoms with Gasteiger partial charge in [0.15, 0.2) is 9.84 Å². The van der Waals surface area contributed by atoms with Crippen LogP contribution in [0.2, 0.25) is 0 Å². The van der Waals surface area contributed by atoms with E-state index in [9.17, 15) is 13.2 Å². The molecule has 3 rings (SSSR count). The lowest BCUT2D eigenvalue weighted by Gasteiger charge is -2.18. The highest BCUT2D eigenvalue weighted by molar-refractivity contribution is 7.91. The van der Waals surface area contributed by atoms with Gasteiger partial charge in [0.2, 0.25) is 5.91 Å². The summed E-state index contributed by atoms with van der Waals surface area (Å²) in [5.74, 6) is 1.04. The first kappa shape index (κ1) is 21.9. The van der Waals surface area contributed by atoms with Crippen LogP contribution in [0.25, 0.3) is 0 Å². The average molecular weight is 446 g/mol. The molecule has 1 atom stereocenters. The fourth-order valence-electron chi connectivity index (χ4n) is 2.97. The zero-order valence-corrected chi connectivity index (χ0v) is 18.3. The Kier molecular flexibility index (Phi) is 7.12. The van der Waals surface area contributed by atoms with Crippen LogP contribution in [-0.2, 0) is 21.1 Å². The molecule has 0 aliphatic carbocycles. The molecule has 0 radical (unpaired) electrons. The highest BCUT2D eigenvalue weighted by atomic mass is 32.2. The van der Waals surface area contributed by atoms with Gasteiger partial charge in [-0.2, -0.15) is 0 Å². The molecule has 0 fully saturated rings. The lowest BCUT2D eigenvalue weighted by atomic mass is 10.1. The molecule has 0 aliphatic rings. The molecular weight excluding hydrogens is 422 g/mol. The molecule has 1 aromatic heterocycles. The van der Waals surface area contributed by atoms with E-state index in [2.05, 4.69) is 5.32 Å². The minimum atomic E-state index is -3.70. The second-order valence-corrected chi connectivity index (χ2v) is 9.66. The van der Waals surface area contributed by atoms with Crippen LogP contribution in [0, 0.1) is 0 Å². The number of ether oxygens (including phenoxy) is 2. The fourth-order valence-corrected chi connectivity index (χ4v) is 5.75. The minimum Gasteiger partial charge on any atom is -0.497 e. The van der Waals surface area contributed by atoms with Crippen molar-refractivity contribution in [3.63, 3.8) is 0 Å². The third kappa shape index (κ3) is 5.20. The molecule has 2 aromatic carbocycles. The number of carbonyl (C=O) groups excluding carboxylic acids is 1. The minimum absolute atomic E-state index is 0.0101. The van der Waals surface area contributed by atoms with E-state index in [4.69, 9.17) is 9.47 Å². The summed E-state index contributed by atoms with van der Waals surface area (Å²) < 4.78 is 36.8. The molecule has 0 saturated carbocycles. The summed E-state index contributed by atoms with van der Waals surface area (Å²) in [6.45, 7) is -0.0101. The monoisotopic (exact) mass is 445 g/mol. The van der Waals surface area contributed by atoms with Gasteiger partial charge in [-0.15, -0.1) is 11.3 Å². The van der Waals surface area contributed by atoms with Gasteiger partial charge in [0.25, 0.3) is 0 Å². The number of benzene rings is 2. The molecule has 1 N–H and O–H groups in total. The molecule has 0 bridgehead atoms. The molecule has 1 heterocycles. The molecule has 30 heavy (non-hydrogen) atoms.